The SMILES string of the molecule is COc1ccc(-c2nnsc2C(=O)N[C@@H](C)c2ccc(OC)cc2)cc1. The topological polar surface area (TPSA) is 73.3 Å². The molecule has 6 nitrogen and oxygen atoms in total. The Balaban J connectivity index is 1.76. The van der Waals surface area contributed by atoms with Crippen molar-refractivity contribution in [2.75, 3.05) is 14.2 Å². The second kappa shape index (κ2) is 7.97. The summed E-state index contributed by atoms with van der Waals surface area (Å²) in [5.41, 5.74) is 2.38. The van der Waals surface area contributed by atoms with Crippen LogP contribution in [0.2, 0.25) is 0 Å². The Labute approximate surface area is 155 Å². The summed E-state index contributed by atoms with van der Waals surface area (Å²) in [5, 5.41) is 7.11. The van der Waals surface area contributed by atoms with Crippen LogP contribution in [0.1, 0.15) is 28.2 Å². The van der Waals surface area contributed by atoms with E-state index in [0.29, 0.717) is 10.6 Å². The monoisotopic (exact) mass is 369 g/mol. The fraction of sp³-hybridized carbons (Fsp3) is 0.211. The third-order valence-corrected chi connectivity index (χ3v) is 4.75. The first-order chi connectivity index (χ1) is 12.6. The van der Waals surface area contributed by atoms with Crippen molar-refractivity contribution in [3.05, 3.63) is 59.0 Å². The highest BCUT2D eigenvalue weighted by Gasteiger charge is 2.20. The number of benzene rings is 2. The number of amides is 1. The van der Waals surface area contributed by atoms with Gasteiger partial charge in [-0.25, -0.2) is 0 Å². The number of carbonyl (C=O) groups is 1. The molecule has 1 amide bonds. The van der Waals surface area contributed by atoms with Gasteiger partial charge < -0.3 is 14.8 Å². The number of hydrogen-bond donors (Lipinski definition) is 1. The maximum atomic E-state index is 12.7. The van der Waals surface area contributed by atoms with Crippen molar-refractivity contribution in [2.24, 2.45) is 0 Å². The van der Waals surface area contributed by atoms with Gasteiger partial charge in [-0.15, -0.1) is 5.10 Å². The van der Waals surface area contributed by atoms with Gasteiger partial charge in [0.25, 0.3) is 5.91 Å². The van der Waals surface area contributed by atoms with Crippen LogP contribution in [0.4, 0.5) is 0 Å². The number of nitrogens with one attached hydrogen (secondary N) is 1. The van der Waals surface area contributed by atoms with E-state index in [1.54, 1.807) is 14.2 Å². The molecule has 0 saturated heterocycles. The summed E-state index contributed by atoms with van der Waals surface area (Å²) < 4.78 is 14.3. The molecule has 0 aliphatic heterocycles. The Morgan fingerprint density at radius 2 is 1.58 bits per heavy atom. The first-order valence-corrected chi connectivity index (χ1v) is 8.81. The molecule has 1 heterocycles. The predicted octanol–water partition coefficient (Wildman–Crippen LogP) is 3.71. The number of ether oxygens (including phenoxy) is 2. The van der Waals surface area contributed by atoms with E-state index in [-0.39, 0.29) is 11.9 Å². The van der Waals surface area contributed by atoms with Crippen molar-refractivity contribution in [2.45, 2.75) is 13.0 Å². The van der Waals surface area contributed by atoms with E-state index in [4.69, 9.17) is 9.47 Å². The number of aromatic nitrogens is 2. The lowest BCUT2D eigenvalue weighted by Crippen LogP contribution is -2.26. The zero-order valence-corrected chi connectivity index (χ0v) is 15.5. The van der Waals surface area contributed by atoms with Crippen LogP contribution < -0.4 is 14.8 Å². The molecule has 3 aromatic rings. The summed E-state index contributed by atoms with van der Waals surface area (Å²) in [5.74, 6) is 1.32. The third kappa shape index (κ3) is 3.83. The molecule has 2 aromatic carbocycles. The van der Waals surface area contributed by atoms with Crippen LogP contribution in [0.5, 0.6) is 11.5 Å². The van der Waals surface area contributed by atoms with Crippen LogP contribution in [0.3, 0.4) is 0 Å². The van der Waals surface area contributed by atoms with Crippen molar-refractivity contribution < 1.29 is 14.3 Å². The molecular formula is C19H19N3O3S. The van der Waals surface area contributed by atoms with Gasteiger partial charge in [0.1, 0.15) is 22.1 Å². The molecular weight excluding hydrogens is 350 g/mol. The Kier molecular flexibility index (Phi) is 5.48. The van der Waals surface area contributed by atoms with Crippen LogP contribution in [-0.2, 0) is 0 Å². The van der Waals surface area contributed by atoms with Gasteiger partial charge in [-0.2, -0.15) is 0 Å². The molecule has 1 N–H and O–H groups in total. The maximum Gasteiger partial charge on any atom is 0.265 e. The third-order valence-electron chi connectivity index (χ3n) is 4.02. The van der Waals surface area contributed by atoms with Gasteiger partial charge in [0.2, 0.25) is 0 Å². The van der Waals surface area contributed by atoms with Gasteiger partial charge in [-0.3, -0.25) is 4.79 Å². The van der Waals surface area contributed by atoms with E-state index < -0.39 is 0 Å². The lowest BCUT2D eigenvalue weighted by atomic mass is 10.1. The molecule has 0 aliphatic rings. The molecule has 0 radical (unpaired) electrons. The standard InChI is InChI=1S/C19H19N3O3S/c1-12(13-4-8-15(24-2)9-5-13)20-19(23)18-17(21-22-26-18)14-6-10-16(25-3)11-7-14/h4-12H,1-3H3,(H,20,23)/t12-/m0/s1. The normalized spacial score (nSPS) is 11.7. The van der Waals surface area contributed by atoms with E-state index >= 15 is 0 Å². The minimum absolute atomic E-state index is 0.153. The molecule has 26 heavy (non-hydrogen) atoms. The second-order valence-electron chi connectivity index (χ2n) is 5.65. The molecule has 134 valence electrons. The molecule has 0 fully saturated rings. The van der Waals surface area contributed by atoms with Crippen molar-refractivity contribution in [1.82, 2.24) is 14.9 Å². The Morgan fingerprint density at radius 1 is 1.00 bits per heavy atom. The molecule has 0 bridgehead atoms. The van der Waals surface area contributed by atoms with Crippen LogP contribution in [0.25, 0.3) is 11.3 Å². The van der Waals surface area contributed by atoms with Gasteiger partial charge in [0.15, 0.2) is 0 Å². The Bertz CT molecular complexity index is 876. The lowest BCUT2D eigenvalue weighted by molar-refractivity contribution is 0.0944. The molecule has 0 aliphatic carbocycles. The van der Waals surface area contributed by atoms with Crippen LogP contribution in [0.15, 0.2) is 48.5 Å². The van der Waals surface area contributed by atoms with Crippen molar-refractivity contribution in [3.8, 4) is 22.8 Å². The average Bonchev–Trinajstić information content (AvgIpc) is 3.18. The molecule has 7 heteroatoms. The Morgan fingerprint density at radius 3 is 2.15 bits per heavy atom. The van der Waals surface area contributed by atoms with Crippen molar-refractivity contribution in [3.63, 3.8) is 0 Å². The Hall–Kier alpha value is -2.93. The lowest BCUT2D eigenvalue weighted by Gasteiger charge is -2.14. The van der Waals surface area contributed by atoms with E-state index in [2.05, 4.69) is 14.9 Å². The number of nitrogens with zero attached hydrogens (tertiary/aromatic N) is 2. The van der Waals surface area contributed by atoms with Crippen molar-refractivity contribution >= 4 is 17.4 Å². The largest absolute Gasteiger partial charge is 0.497 e. The quantitative estimate of drug-likeness (QED) is 0.717. The number of rotatable bonds is 6. The van der Waals surface area contributed by atoms with E-state index in [0.717, 1.165) is 34.2 Å². The molecule has 0 spiro atoms. The van der Waals surface area contributed by atoms with Gasteiger partial charge >= 0.3 is 0 Å². The summed E-state index contributed by atoms with van der Waals surface area (Å²) >= 11 is 1.08. The van der Waals surface area contributed by atoms with Crippen LogP contribution >= 0.6 is 11.5 Å². The molecule has 0 unspecified atom stereocenters. The number of methoxy groups -OCH3 is 2. The highest BCUT2D eigenvalue weighted by atomic mass is 32.1. The zero-order chi connectivity index (χ0) is 18.5. The molecule has 1 aromatic heterocycles. The summed E-state index contributed by atoms with van der Waals surface area (Å²) in [6.07, 6.45) is 0. The molecule has 1 atom stereocenters. The fourth-order valence-corrected chi connectivity index (χ4v) is 3.11. The molecule has 0 saturated carbocycles. The summed E-state index contributed by atoms with van der Waals surface area (Å²) in [6, 6.07) is 14.8. The number of carbonyl (C=O) groups excluding carboxylic acids is 1. The van der Waals surface area contributed by atoms with Gasteiger partial charge in [-0.1, -0.05) is 16.6 Å². The van der Waals surface area contributed by atoms with Crippen LogP contribution in [0, 0.1) is 0 Å². The predicted molar refractivity (Wildman–Crippen MR) is 101 cm³/mol. The fourth-order valence-electron chi connectivity index (χ4n) is 2.52. The summed E-state index contributed by atoms with van der Waals surface area (Å²) in [7, 11) is 3.23. The van der Waals surface area contributed by atoms with Crippen LogP contribution in [-0.4, -0.2) is 29.7 Å². The highest BCUT2D eigenvalue weighted by Crippen LogP contribution is 2.26. The zero-order valence-electron chi connectivity index (χ0n) is 14.7. The van der Waals surface area contributed by atoms with Gasteiger partial charge in [0.05, 0.1) is 20.3 Å². The summed E-state index contributed by atoms with van der Waals surface area (Å²) in [4.78, 5) is 13.2. The van der Waals surface area contributed by atoms with E-state index in [9.17, 15) is 4.79 Å². The minimum atomic E-state index is -0.200. The minimum Gasteiger partial charge on any atom is -0.497 e. The molecule has 3 rings (SSSR count). The highest BCUT2D eigenvalue weighted by molar-refractivity contribution is 7.08. The summed E-state index contributed by atoms with van der Waals surface area (Å²) in [6.45, 7) is 1.93. The van der Waals surface area contributed by atoms with Gasteiger partial charge in [0, 0.05) is 5.56 Å². The smallest absolute Gasteiger partial charge is 0.265 e. The average molecular weight is 369 g/mol. The van der Waals surface area contributed by atoms with Gasteiger partial charge in [-0.05, 0) is 60.4 Å². The first kappa shape index (κ1) is 17.9. The maximum absolute atomic E-state index is 12.7. The van der Waals surface area contributed by atoms with E-state index in [1.807, 2.05) is 55.5 Å². The van der Waals surface area contributed by atoms with Crippen molar-refractivity contribution in [1.29, 1.82) is 0 Å². The number of hydrogen-bond acceptors (Lipinski definition) is 6. The van der Waals surface area contributed by atoms with E-state index in [1.165, 1.54) is 0 Å². The first-order valence-electron chi connectivity index (χ1n) is 8.04. The second-order valence-corrected chi connectivity index (χ2v) is 6.40.